The van der Waals surface area contributed by atoms with Gasteiger partial charge in [-0.05, 0) is 30.3 Å². The van der Waals surface area contributed by atoms with Crippen LogP contribution in [0.3, 0.4) is 0 Å². The number of nitrogens with zero attached hydrogens (tertiary/aromatic N) is 3. The number of nitro groups is 1. The van der Waals surface area contributed by atoms with Gasteiger partial charge in [0.1, 0.15) is 5.56 Å². The first-order valence-corrected chi connectivity index (χ1v) is 9.82. The Labute approximate surface area is 177 Å². The number of amides is 3. The van der Waals surface area contributed by atoms with Crippen LogP contribution in [-0.4, -0.2) is 60.4 Å². The minimum Gasteiger partial charge on any atom is -0.378 e. The predicted molar refractivity (Wildman–Crippen MR) is 111 cm³/mol. The van der Waals surface area contributed by atoms with E-state index < -0.39 is 22.4 Å². The molecule has 160 valence electrons. The summed E-state index contributed by atoms with van der Waals surface area (Å²) in [6.07, 6.45) is -0.121. The molecule has 3 amide bonds. The topological polar surface area (TPSA) is 122 Å². The highest BCUT2D eigenvalue weighted by Gasteiger charge is 2.40. The normalized spacial score (nSPS) is 15.7. The molecule has 10 nitrogen and oxygen atoms in total. The van der Waals surface area contributed by atoms with Crippen LogP contribution in [0.5, 0.6) is 0 Å². The number of nitro benzene ring substituents is 1. The van der Waals surface area contributed by atoms with E-state index in [0.29, 0.717) is 18.9 Å². The molecule has 0 saturated carbocycles. The lowest BCUT2D eigenvalue weighted by Crippen LogP contribution is -2.36. The molecular formula is C21H20N4O6. The zero-order valence-electron chi connectivity index (χ0n) is 16.6. The van der Waals surface area contributed by atoms with Gasteiger partial charge in [-0.15, -0.1) is 0 Å². The predicted octanol–water partition coefficient (Wildman–Crippen LogP) is 2.06. The van der Waals surface area contributed by atoms with Crippen LogP contribution in [0.1, 0.15) is 27.1 Å². The summed E-state index contributed by atoms with van der Waals surface area (Å²) in [5.41, 5.74) is 0.979. The summed E-state index contributed by atoms with van der Waals surface area (Å²) < 4.78 is 5.34. The fraction of sp³-hybridized carbons (Fsp3) is 0.286. The van der Waals surface area contributed by atoms with Crippen LogP contribution in [0, 0.1) is 10.1 Å². The van der Waals surface area contributed by atoms with Crippen molar-refractivity contribution in [1.29, 1.82) is 0 Å². The van der Waals surface area contributed by atoms with Crippen molar-refractivity contribution >= 4 is 34.8 Å². The summed E-state index contributed by atoms with van der Waals surface area (Å²) >= 11 is 0. The highest BCUT2D eigenvalue weighted by atomic mass is 16.6. The van der Waals surface area contributed by atoms with E-state index in [9.17, 15) is 24.5 Å². The molecule has 2 heterocycles. The van der Waals surface area contributed by atoms with E-state index >= 15 is 0 Å². The van der Waals surface area contributed by atoms with Gasteiger partial charge in [-0.1, -0.05) is 6.07 Å². The number of benzene rings is 2. The molecule has 0 aromatic heterocycles. The van der Waals surface area contributed by atoms with E-state index in [2.05, 4.69) is 10.2 Å². The third kappa shape index (κ3) is 4.10. The SMILES string of the molecule is O=C(CCN1C(=O)c2cccc([N+](=O)[O-])c2C1=O)Nc1ccc(N2CCOCC2)cc1. The van der Waals surface area contributed by atoms with Crippen molar-refractivity contribution in [3.63, 3.8) is 0 Å². The van der Waals surface area contributed by atoms with Crippen LogP contribution in [0.4, 0.5) is 17.1 Å². The van der Waals surface area contributed by atoms with Crippen LogP contribution >= 0.6 is 0 Å². The lowest BCUT2D eigenvalue weighted by atomic mass is 10.1. The van der Waals surface area contributed by atoms with Crippen LogP contribution in [-0.2, 0) is 9.53 Å². The van der Waals surface area contributed by atoms with Crippen LogP contribution < -0.4 is 10.2 Å². The molecule has 0 bridgehead atoms. The van der Waals surface area contributed by atoms with Crippen molar-refractivity contribution in [2.24, 2.45) is 0 Å². The van der Waals surface area contributed by atoms with E-state index in [-0.39, 0.29) is 30.0 Å². The quantitative estimate of drug-likeness (QED) is 0.428. The number of rotatable bonds is 6. The third-order valence-electron chi connectivity index (χ3n) is 5.26. The molecule has 0 unspecified atom stereocenters. The Balaban J connectivity index is 1.36. The molecular weight excluding hydrogens is 404 g/mol. The number of imide groups is 1. The number of fused-ring (bicyclic) bond motifs is 1. The lowest BCUT2D eigenvalue weighted by Gasteiger charge is -2.28. The first kappa shape index (κ1) is 20.5. The van der Waals surface area contributed by atoms with E-state index in [0.717, 1.165) is 23.7 Å². The molecule has 2 aliphatic rings. The van der Waals surface area contributed by atoms with Crippen LogP contribution in [0.15, 0.2) is 42.5 Å². The van der Waals surface area contributed by atoms with Gasteiger partial charge in [0.2, 0.25) is 5.91 Å². The Morgan fingerprint density at radius 3 is 2.45 bits per heavy atom. The maximum atomic E-state index is 12.5. The van der Waals surface area contributed by atoms with Crippen LogP contribution in [0.2, 0.25) is 0 Å². The summed E-state index contributed by atoms with van der Waals surface area (Å²) in [5, 5.41) is 13.9. The Bertz CT molecular complexity index is 1050. The van der Waals surface area contributed by atoms with E-state index in [1.165, 1.54) is 18.2 Å². The minimum absolute atomic E-state index is 0.0155. The third-order valence-corrected chi connectivity index (χ3v) is 5.26. The molecule has 0 aliphatic carbocycles. The smallest absolute Gasteiger partial charge is 0.282 e. The van der Waals surface area contributed by atoms with Gasteiger partial charge in [0.05, 0.1) is 23.7 Å². The standard InChI is InChI=1S/C21H20N4O6/c26-18(22-14-4-6-15(7-5-14)23-10-12-31-13-11-23)8-9-24-20(27)16-2-1-3-17(25(29)30)19(16)21(24)28/h1-7H,8-13H2,(H,22,26). The average Bonchev–Trinajstić information content (AvgIpc) is 3.03. The zero-order valence-corrected chi connectivity index (χ0v) is 16.6. The number of nitrogens with one attached hydrogen (secondary N) is 1. The maximum Gasteiger partial charge on any atom is 0.282 e. The summed E-state index contributed by atoms with van der Waals surface area (Å²) in [7, 11) is 0. The molecule has 0 spiro atoms. The second kappa shape index (κ2) is 8.52. The molecule has 0 radical (unpaired) electrons. The number of morpholine rings is 1. The van der Waals surface area contributed by atoms with Gasteiger partial charge in [-0.25, -0.2) is 0 Å². The average molecular weight is 424 g/mol. The van der Waals surface area contributed by atoms with Crippen LogP contribution in [0.25, 0.3) is 0 Å². The number of carbonyl (C=O) groups is 3. The lowest BCUT2D eigenvalue weighted by molar-refractivity contribution is -0.385. The highest BCUT2D eigenvalue weighted by molar-refractivity contribution is 6.23. The van der Waals surface area contributed by atoms with E-state index in [1.807, 2.05) is 12.1 Å². The molecule has 0 atom stereocenters. The summed E-state index contributed by atoms with van der Waals surface area (Å²) in [6.45, 7) is 2.81. The number of anilines is 2. The molecule has 1 N–H and O–H groups in total. The van der Waals surface area contributed by atoms with Crippen molar-refractivity contribution < 1.29 is 24.0 Å². The molecule has 1 fully saturated rings. The highest BCUT2D eigenvalue weighted by Crippen LogP contribution is 2.30. The Kier molecular flexibility index (Phi) is 5.63. The van der Waals surface area contributed by atoms with Gasteiger partial charge >= 0.3 is 0 Å². The number of carbonyl (C=O) groups excluding carboxylic acids is 3. The molecule has 2 aromatic carbocycles. The van der Waals surface area contributed by atoms with Gasteiger partial charge in [0.25, 0.3) is 17.5 Å². The maximum absolute atomic E-state index is 12.5. The van der Waals surface area contributed by atoms with Gasteiger partial charge in [-0.2, -0.15) is 0 Å². The van der Waals surface area contributed by atoms with Gasteiger partial charge in [0, 0.05) is 43.5 Å². The van der Waals surface area contributed by atoms with Crippen molar-refractivity contribution in [1.82, 2.24) is 4.90 Å². The van der Waals surface area contributed by atoms with E-state index in [4.69, 9.17) is 4.74 Å². The summed E-state index contributed by atoms with van der Waals surface area (Å²) in [4.78, 5) is 50.9. The Hall–Kier alpha value is -3.79. The van der Waals surface area contributed by atoms with Crippen molar-refractivity contribution in [3.05, 3.63) is 63.7 Å². The zero-order chi connectivity index (χ0) is 22.0. The Morgan fingerprint density at radius 2 is 1.77 bits per heavy atom. The fourth-order valence-corrected chi connectivity index (χ4v) is 3.68. The first-order valence-electron chi connectivity index (χ1n) is 9.82. The minimum atomic E-state index is -0.755. The largest absolute Gasteiger partial charge is 0.378 e. The molecule has 2 aromatic rings. The molecule has 31 heavy (non-hydrogen) atoms. The summed E-state index contributed by atoms with van der Waals surface area (Å²) in [6, 6.07) is 11.3. The van der Waals surface area contributed by atoms with Crippen molar-refractivity contribution in [3.8, 4) is 0 Å². The molecule has 1 saturated heterocycles. The number of hydrogen-bond donors (Lipinski definition) is 1. The van der Waals surface area contributed by atoms with Gasteiger partial charge in [-0.3, -0.25) is 29.4 Å². The summed E-state index contributed by atoms with van der Waals surface area (Å²) in [5.74, 6) is -1.76. The fourth-order valence-electron chi connectivity index (χ4n) is 3.68. The number of hydrogen-bond acceptors (Lipinski definition) is 7. The van der Waals surface area contributed by atoms with E-state index in [1.54, 1.807) is 12.1 Å². The second-order valence-corrected chi connectivity index (χ2v) is 7.16. The monoisotopic (exact) mass is 424 g/mol. The second-order valence-electron chi connectivity index (χ2n) is 7.16. The van der Waals surface area contributed by atoms with Gasteiger partial charge in [0.15, 0.2) is 0 Å². The Morgan fingerprint density at radius 1 is 1.06 bits per heavy atom. The molecule has 2 aliphatic heterocycles. The first-order chi connectivity index (χ1) is 15.0. The van der Waals surface area contributed by atoms with Gasteiger partial charge < -0.3 is 15.0 Å². The molecule has 10 heteroatoms. The van der Waals surface area contributed by atoms with Crippen molar-refractivity contribution in [2.45, 2.75) is 6.42 Å². The number of ether oxygens (including phenoxy) is 1. The van der Waals surface area contributed by atoms with Crippen molar-refractivity contribution in [2.75, 3.05) is 43.1 Å². The molecule has 4 rings (SSSR count).